The zero-order valence-electron chi connectivity index (χ0n) is 37.3. The molecule has 68 heavy (non-hydrogen) atoms. The first-order valence-electron chi connectivity index (χ1n) is 24.2. The van der Waals surface area contributed by atoms with E-state index in [1.165, 1.54) is 130 Å². The molecule has 2 heterocycles. The lowest BCUT2D eigenvalue weighted by Gasteiger charge is -2.35. The molecule has 4 atom stereocenters. The van der Waals surface area contributed by atoms with Crippen molar-refractivity contribution in [2.75, 3.05) is 0 Å². The van der Waals surface area contributed by atoms with Crippen molar-refractivity contribution >= 4 is 86.7 Å². The Morgan fingerprint density at radius 1 is 0.412 bits per heavy atom. The van der Waals surface area contributed by atoms with Crippen molar-refractivity contribution in [3.05, 3.63) is 257 Å². The van der Waals surface area contributed by atoms with Crippen molar-refractivity contribution in [2.24, 2.45) is 0 Å². The zero-order valence-corrected chi connectivity index (χ0v) is 39.0. The largest absolute Gasteiger partial charge is 0.135 e. The van der Waals surface area contributed by atoms with E-state index in [1.807, 2.05) is 23.1 Å². The first kappa shape index (κ1) is 38.8. The summed E-state index contributed by atoms with van der Waals surface area (Å²) in [5.74, 6) is 0.886. The van der Waals surface area contributed by atoms with E-state index in [1.54, 1.807) is 0 Å². The van der Waals surface area contributed by atoms with E-state index in [4.69, 9.17) is 0 Å². The summed E-state index contributed by atoms with van der Waals surface area (Å²) in [6, 6.07) is 64.2. The van der Waals surface area contributed by atoms with Crippen molar-refractivity contribution in [1.82, 2.24) is 0 Å². The lowest BCUT2D eigenvalue weighted by atomic mass is 9.68. The monoisotopic (exact) mass is 900 g/mol. The molecule has 0 spiro atoms. The minimum Gasteiger partial charge on any atom is -0.135 e. The molecule has 0 fully saturated rings. The molecule has 0 nitrogen and oxygen atoms in total. The Bertz CT molecular complexity index is 3990. The molecule has 0 saturated heterocycles. The molecule has 1 aliphatic heterocycles. The fourth-order valence-electron chi connectivity index (χ4n) is 12.5. The summed E-state index contributed by atoms with van der Waals surface area (Å²) in [4.78, 5) is 1.42. The lowest BCUT2D eigenvalue weighted by Crippen LogP contribution is -2.18. The van der Waals surface area contributed by atoms with Crippen molar-refractivity contribution in [2.45, 2.75) is 40.7 Å². The van der Waals surface area contributed by atoms with E-state index >= 15 is 0 Å². The van der Waals surface area contributed by atoms with Crippen molar-refractivity contribution in [3.8, 4) is 22.3 Å². The second-order valence-electron chi connectivity index (χ2n) is 19.2. The van der Waals surface area contributed by atoms with Gasteiger partial charge in [-0.2, -0.15) is 0 Å². The maximum Gasteiger partial charge on any atom is 0.0430 e. The summed E-state index contributed by atoms with van der Waals surface area (Å²) in [5.41, 5.74) is 17.8. The Hall–Kier alpha value is -7.23. The van der Waals surface area contributed by atoms with Gasteiger partial charge < -0.3 is 0 Å². The van der Waals surface area contributed by atoms with Crippen molar-refractivity contribution < 1.29 is 0 Å². The molecule has 4 aliphatic carbocycles. The van der Waals surface area contributed by atoms with E-state index < -0.39 is 0 Å². The van der Waals surface area contributed by atoms with Crippen LogP contribution >= 0.6 is 23.1 Å². The SMILES string of the molecule is C1=CC2Sc3c(-c4ccc5c6ccccc6c6ccccc6c5c4)cccc3C2C=C1C1=CC2c3ccc(C4=CCCC(c5cccc6c5sc5ccccc56)=C4)cc3-c3ccccc3C2C=C1. The van der Waals surface area contributed by atoms with Gasteiger partial charge in [0.25, 0.3) is 0 Å². The van der Waals surface area contributed by atoms with E-state index in [0.717, 1.165) is 12.8 Å². The van der Waals surface area contributed by atoms with Crippen molar-refractivity contribution in [3.63, 3.8) is 0 Å². The summed E-state index contributed by atoms with van der Waals surface area (Å²) in [6.07, 6.45) is 22.0. The summed E-state index contributed by atoms with van der Waals surface area (Å²) >= 11 is 3.97. The first-order valence-corrected chi connectivity index (χ1v) is 25.9. The third kappa shape index (κ3) is 5.87. The maximum atomic E-state index is 2.59. The molecule has 0 N–H and O–H groups in total. The number of hydrogen-bond donors (Lipinski definition) is 0. The predicted molar refractivity (Wildman–Crippen MR) is 293 cm³/mol. The van der Waals surface area contributed by atoms with Gasteiger partial charge in [0.15, 0.2) is 0 Å². The van der Waals surface area contributed by atoms with Gasteiger partial charge >= 0.3 is 0 Å². The Balaban J connectivity index is 0.772. The topological polar surface area (TPSA) is 0 Å². The maximum absolute atomic E-state index is 2.59. The van der Waals surface area contributed by atoms with Crippen LogP contribution in [0.2, 0.25) is 0 Å². The summed E-state index contributed by atoms with van der Waals surface area (Å²) in [7, 11) is 0. The molecule has 9 aromatic carbocycles. The average molecular weight is 901 g/mol. The van der Waals surface area contributed by atoms with Crippen LogP contribution in [0.3, 0.4) is 0 Å². The highest BCUT2D eigenvalue weighted by Crippen LogP contribution is 2.55. The molecule has 10 aromatic rings. The molecule has 0 saturated carbocycles. The zero-order chi connectivity index (χ0) is 44.5. The number of fused-ring (bicyclic) bond motifs is 18. The van der Waals surface area contributed by atoms with Crippen LogP contribution in [0.4, 0.5) is 0 Å². The van der Waals surface area contributed by atoms with E-state index in [0.29, 0.717) is 17.1 Å². The van der Waals surface area contributed by atoms with Crippen LogP contribution in [-0.4, -0.2) is 5.25 Å². The summed E-state index contributed by atoms with van der Waals surface area (Å²) in [6.45, 7) is 0. The number of thioether (sulfide) groups is 1. The third-order valence-corrected chi connectivity index (χ3v) is 18.3. The molecule has 0 radical (unpaired) electrons. The molecular weight excluding hydrogens is 857 g/mol. The highest BCUT2D eigenvalue weighted by atomic mass is 32.2. The normalized spacial score (nSPS) is 20.1. The van der Waals surface area contributed by atoms with Crippen LogP contribution in [0.5, 0.6) is 0 Å². The van der Waals surface area contributed by atoms with Crippen molar-refractivity contribution in [1.29, 1.82) is 0 Å². The van der Waals surface area contributed by atoms with Crippen LogP contribution in [0.15, 0.2) is 235 Å². The highest BCUT2D eigenvalue weighted by molar-refractivity contribution is 8.00. The van der Waals surface area contributed by atoms with Gasteiger partial charge in [0.05, 0.1) is 0 Å². The molecule has 1 aromatic heterocycles. The fraction of sp³-hybridized carbons (Fsp3) is 0.0909. The Kier molecular flexibility index (Phi) is 8.65. The quantitative estimate of drug-likeness (QED) is 0.159. The standard InChI is InChI=1S/C66H44S2/c1-2-16-49-47(14-1)48-15-3-5-18-51(48)61-38-44(28-32-54(49)61)46-22-11-24-58-62-37-42(29-33-64(62)68-66(46)58)41-26-30-53-50-17-4-6-19-52(50)59-35-40(27-31-55(59)60(53)36-41)39-12-9-13-43(34-39)45-21-10-23-57-56-20-7-8-25-63(56)67-65(45)57/h1-8,10-12,14-38,53,60,62,64H,9,13H2. The van der Waals surface area contributed by atoms with Crippen LogP contribution in [0, 0.1) is 0 Å². The van der Waals surface area contributed by atoms with Gasteiger partial charge in [-0.15, -0.1) is 23.1 Å². The molecule has 320 valence electrons. The molecule has 0 bridgehead atoms. The predicted octanol–water partition coefficient (Wildman–Crippen LogP) is 18.5. The average Bonchev–Trinajstić information content (AvgIpc) is 3.99. The van der Waals surface area contributed by atoms with Crippen LogP contribution in [0.1, 0.15) is 58.4 Å². The van der Waals surface area contributed by atoms with Gasteiger partial charge in [-0.25, -0.2) is 0 Å². The second-order valence-corrected chi connectivity index (χ2v) is 21.5. The van der Waals surface area contributed by atoms with E-state index in [-0.39, 0.29) is 5.92 Å². The summed E-state index contributed by atoms with van der Waals surface area (Å²) in [5, 5.41) is 11.0. The number of rotatable bonds is 4. The molecule has 2 heteroatoms. The van der Waals surface area contributed by atoms with E-state index in [2.05, 4.69) is 218 Å². The third-order valence-electron chi connectivity index (χ3n) is 15.7. The molecule has 15 rings (SSSR count). The van der Waals surface area contributed by atoms with Gasteiger partial charge in [0, 0.05) is 48.1 Å². The Labute approximate surface area is 404 Å². The van der Waals surface area contributed by atoms with Crippen LogP contribution in [0.25, 0.3) is 85.9 Å². The molecule has 0 amide bonds. The van der Waals surface area contributed by atoms with Crippen LogP contribution < -0.4 is 0 Å². The van der Waals surface area contributed by atoms with Gasteiger partial charge in [-0.05, 0) is 136 Å². The van der Waals surface area contributed by atoms with Gasteiger partial charge in [0.2, 0.25) is 0 Å². The highest BCUT2D eigenvalue weighted by Gasteiger charge is 2.37. The number of thiophene rings is 1. The molecule has 5 aliphatic rings. The smallest absolute Gasteiger partial charge is 0.0430 e. The second kappa shape index (κ2) is 15.1. The Morgan fingerprint density at radius 2 is 1.04 bits per heavy atom. The van der Waals surface area contributed by atoms with Gasteiger partial charge in [-0.1, -0.05) is 200 Å². The number of benzene rings is 9. The summed E-state index contributed by atoms with van der Waals surface area (Å²) < 4.78 is 2.77. The molecule has 4 unspecified atom stereocenters. The van der Waals surface area contributed by atoms with Gasteiger partial charge in [0.1, 0.15) is 0 Å². The van der Waals surface area contributed by atoms with Gasteiger partial charge in [-0.3, -0.25) is 0 Å². The van der Waals surface area contributed by atoms with E-state index in [9.17, 15) is 0 Å². The molecular formula is C66H44S2. The first-order chi connectivity index (χ1) is 33.7. The lowest BCUT2D eigenvalue weighted by molar-refractivity contribution is 0.714. The minimum atomic E-state index is 0.260. The fourth-order valence-corrected chi connectivity index (χ4v) is 15.2. The number of hydrogen-bond acceptors (Lipinski definition) is 2. The number of allylic oxidation sites excluding steroid dienone is 11. The van der Waals surface area contributed by atoms with Crippen LogP contribution in [-0.2, 0) is 0 Å². The minimum absolute atomic E-state index is 0.260. The Morgan fingerprint density at radius 3 is 1.90 bits per heavy atom.